The molecule has 0 radical (unpaired) electrons. The van der Waals surface area contributed by atoms with Gasteiger partial charge in [0.25, 0.3) is 0 Å². The number of likely N-dealkylation sites (tertiary alicyclic amines) is 2. The Bertz CT molecular complexity index is 1800. The van der Waals surface area contributed by atoms with Crippen molar-refractivity contribution in [1.29, 1.82) is 0 Å². The van der Waals surface area contributed by atoms with Gasteiger partial charge in [-0.3, -0.25) is 24.1 Å². The Balaban J connectivity index is 1.07. The molecule has 2 aliphatic heterocycles. The molecule has 4 amide bonds. The minimum Gasteiger partial charge on any atom is -0.391 e. The molecule has 1 aromatic heterocycles. The number of nitrogens with one attached hydrogen (secondary N) is 2. The van der Waals surface area contributed by atoms with Crippen LogP contribution >= 0.6 is 11.3 Å². The van der Waals surface area contributed by atoms with Crippen molar-refractivity contribution in [2.75, 3.05) is 26.2 Å². The molecule has 2 aliphatic rings. The molecule has 5 atom stereocenters. The molecule has 2 saturated heterocycles. The van der Waals surface area contributed by atoms with Gasteiger partial charge in [-0.25, -0.2) is 4.98 Å². The zero-order valence-corrected chi connectivity index (χ0v) is 34.9. The number of nitrogens with zero attached hydrogens (tertiary/aromatic N) is 3. The lowest BCUT2D eigenvalue weighted by molar-refractivity contribution is -0.144. The highest BCUT2D eigenvalue weighted by atomic mass is 32.1. The molecule has 13 nitrogen and oxygen atoms in total. The first kappa shape index (κ1) is 43.9. The molecule has 7 N–H and O–H groups in total. The maximum absolute atomic E-state index is 14.1. The molecule has 2 fully saturated rings. The van der Waals surface area contributed by atoms with Crippen LogP contribution in [0.4, 0.5) is 0 Å². The molecule has 0 saturated carbocycles. The summed E-state index contributed by atoms with van der Waals surface area (Å²) in [4.78, 5) is 61.0. The molecule has 57 heavy (non-hydrogen) atoms. The summed E-state index contributed by atoms with van der Waals surface area (Å²) in [7, 11) is 0. The van der Waals surface area contributed by atoms with Gasteiger partial charge in [-0.05, 0) is 86.2 Å². The number of aliphatic hydroxyl groups is 1. The molecule has 2 aromatic carbocycles. The summed E-state index contributed by atoms with van der Waals surface area (Å²) in [6.07, 6.45) is 2.71. The number of aliphatic hydroxyl groups excluding tert-OH is 1. The van der Waals surface area contributed by atoms with Crippen molar-refractivity contribution >= 4 is 35.0 Å². The minimum atomic E-state index is -0.874. The SMILES string of the molecule is Cc1ncsc1-c1ccc(CNC(=O)[C@@H]2C[C@@H](O)CN2C(=O)[C@@H](NC(=O)CN2CCC(Cc3ccc(CO[C@H](C)[C@@H](N)CCC(N)=O)cc3)CC2)C(C)(C)C)cc1. The maximum atomic E-state index is 14.1. The van der Waals surface area contributed by atoms with Crippen molar-refractivity contribution in [1.82, 2.24) is 25.4 Å². The second kappa shape index (κ2) is 20.0. The third kappa shape index (κ3) is 12.6. The summed E-state index contributed by atoms with van der Waals surface area (Å²) in [6.45, 7) is 12.1. The van der Waals surface area contributed by atoms with Crippen molar-refractivity contribution in [2.24, 2.45) is 22.8 Å². The molecule has 0 unspecified atom stereocenters. The number of nitrogens with two attached hydrogens (primary N) is 2. The number of carbonyl (C=O) groups excluding carboxylic acids is 4. The Morgan fingerprint density at radius 2 is 1.67 bits per heavy atom. The van der Waals surface area contributed by atoms with Crippen LogP contribution in [0.2, 0.25) is 0 Å². The summed E-state index contributed by atoms with van der Waals surface area (Å²) in [5.74, 6) is -0.806. The number of benzene rings is 2. The normalized spacial score (nSPS) is 19.5. The minimum absolute atomic E-state index is 0.0277. The highest BCUT2D eigenvalue weighted by molar-refractivity contribution is 7.13. The van der Waals surface area contributed by atoms with Gasteiger partial charge in [-0.1, -0.05) is 69.3 Å². The predicted octanol–water partition coefficient (Wildman–Crippen LogP) is 3.68. The molecule has 0 spiro atoms. The number of primary amides is 1. The molecule has 3 heterocycles. The van der Waals surface area contributed by atoms with Gasteiger partial charge in [-0.15, -0.1) is 11.3 Å². The number of β-amino-alcohol motifs (C(OH)–C–C–N with tert-alkyl or cyclic N) is 1. The fourth-order valence-corrected chi connectivity index (χ4v) is 8.35. The fraction of sp³-hybridized carbons (Fsp3) is 0.558. The number of hydrogen-bond donors (Lipinski definition) is 5. The first-order chi connectivity index (χ1) is 27.1. The van der Waals surface area contributed by atoms with Crippen LogP contribution < -0.4 is 22.1 Å². The number of aromatic nitrogens is 1. The number of amides is 4. The zero-order valence-electron chi connectivity index (χ0n) is 34.0. The third-order valence-corrected chi connectivity index (χ3v) is 12.2. The molecular weight excluding hydrogens is 743 g/mol. The monoisotopic (exact) mass is 803 g/mol. The average molecular weight is 804 g/mol. The van der Waals surface area contributed by atoms with Crippen molar-refractivity contribution in [3.63, 3.8) is 0 Å². The van der Waals surface area contributed by atoms with Gasteiger partial charge >= 0.3 is 0 Å². The second-order valence-corrected chi connectivity index (χ2v) is 17.7. The zero-order chi connectivity index (χ0) is 41.3. The van der Waals surface area contributed by atoms with E-state index in [1.54, 1.807) is 11.3 Å². The predicted molar refractivity (Wildman–Crippen MR) is 222 cm³/mol. The van der Waals surface area contributed by atoms with E-state index in [4.69, 9.17) is 16.2 Å². The topological polar surface area (TPSA) is 193 Å². The second-order valence-electron chi connectivity index (χ2n) is 16.9. The molecular formula is C43H61N7O6S. The highest BCUT2D eigenvalue weighted by Crippen LogP contribution is 2.29. The number of aryl methyl sites for hydroxylation is 1. The van der Waals surface area contributed by atoms with Crippen molar-refractivity contribution in [3.8, 4) is 10.4 Å². The number of piperidine rings is 1. The van der Waals surface area contributed by atoms with Crippen LogP contribution in [0.25, 0.3) is 10.4 Å². The Kier molecular flexibility index (Phi) is 15.4. The van der Waals surface area contributed by atoms with Crippen LogP contribution in [-0.4, -0.2) is 100 Å². The number of rotatable bonds is 17. The van der Waals surface area contributed by atoms with E-state index in [2.05, 4.69) is 44.8 Å². The molecule has 14 heteroatoms. The summed E-state index contributed by atoms with van der Waals surface area (Å²) < 4.78 is 5.93. The van der Waals surface area contributed by atoms with E-state index < -0.39 is 23.6 Å². The largest absolute Gasteiger partial charge is 0.391 e. The van der Waals surface area contributed by atoms with Gasteiger partial charge in [-0.2, -0.15) is 0 Å². The van der Waals surface area contributed by atoms with Gasteiger partial charge in [0.15, 0.2) is 0 Å². The van der Waals surface area contributed by atoms with Crippen LogP contribution in [0.15, 0.2) is 54.0 Å². The van der Waals surface area contributed by atoms with Gasteiger partial charge in [0.2, 0.25) is 23.6 Å². The average Bonchev–Trinajstić information content (AvgIpc) is 3.80. The van der Waals surface area contributed by atoms with E-state index in [0.717, 1.165) is 59.6 Å². The van der Waals surface area contributed by atoms with Crippen LogP contribution in [0.3, 0.4) is 0 Å². The molecule has 0 bridgehead atoms. The fourth-order valence-electron chi connectivity index (χ4n) is 7.54. The summed E-state index contributed by atoms with van der Waals surface area (Å²) in [5.41, 5.74) is 17.8. The van der Waals surface area contributed by atoms with Gasteiger partial charge in [0.1, 0.15) is 12.1 Å². The third-order valence-electron chi connectivity index (χ3n) is 11.2. The number of ether oxygens (including phenoxy) is 1. The number of carbonyl (C=O) groups is 4. The Labute approximate surface area is 340 Å². The van der Waals surface area contributed by atoms with Crippen LogP contribution in [0.5, 0.6) is 0 Å². The summed E-state index contributed by atoms with van der Waals surface area (Å²) >= 11 is 1.58. The van der Waals surface area contributed by atoms with E-state index in [0.29, 0.717) is 18.9 Å². The first-order valence-electron chi connectivity index (χ1n) is 20.1. The van der Waals surface area contributed by atoms with Crippen LogP contribution in [-0.2, 0) is 43.5 Å². The van der Waals surface area contributed by atoms with E-state index in [1.807, 2.05) is 64.4 Å². The van der Waals surface area contributed by atoms with Gasteiger partial charge in [0.05, 0.1) is 41.4 Å². The lowest BCUT2D eigenvalue weighted by Gasteiger charge is -2.36. The smallest absolute Gasteiger partial charge is 0.246 e. The Morgan fingerprint density at radius 3 is 2.28 bits per heavy atom. The van der Waals surface area contributed by atoms with Gasteiger partial charge < -0.3 is 36.8 Å². The lowest BCUT2D eigenvalue weighted by atomic mass is 9.85. The Hall–Kier alpha value is -4.21. The Morgan fingerprint density at radius 1 is 1.02 bits per heavy atom. The quantitative estimate of drug-likeness (QED) is 0.135. The lowest BCUT2D eigenvalue weighted by Crippen LogP contribution is -2.58. The van der Waals surface area contributed by atoms with Crippen LogP contribution in [0, 0.1) is 18.3 Å². The molecule has 3 aromatic rings. The number of thiazole rings is 1. The maximum Gasteiger partial charge on any atom is 0.246 e. The van der Waals surface area contributed by atoms with E-state index >= 15 is 0 Å². The molecule has 5 rings (SSSR count). The number of hydrogen-bond acceptors (Lipinski definition) is 10. The van der Waals surface area contributed by atoms with E-state index in [1.165, 1.54) is 10.5 Å². The summed E-state index contributed by atoms with van der Waals surface area (Å²) in [6, 6.07) is 14.4. The molecule has 0 aliphatic carbocycles. The molecule has 310 valence electrons. The van der Waals surface area contributed by atoms with E-state index in [9.17, 15) is 24.3 Å². The highest BCUT2D eigenvalue weighted by Gasteiger charge is 2.44. The standard InChI is InChI=1S/C43H61N7O6S/c1-27-39(57-26-47-27)33-12-10-31(11-13-33)22-46-41(54)36-21-34(51)23-50(36)42(55)40(43(3,4)5)48-38(53)24-49-18-16-30(17-19-49)20-29-6-8-32(9-7-29)25-56-28(2)35(44)14-15-37(45)52/h6-13,26,28,30,34-36,40,51H,14-25,44H2,1-5H3,(H2,45,52)(H,46,54)(H,48,53)/t28-,34-,35+,36+,40-/m1/s1. The van der Waals surface area contributed by atoms with Crippen molar-refractivity contribution in [2.45, 2.75) is 117 Å². The summed E-state index contributed by atoms with van der Waals surface area (Å²) in [5, 5.41) is 16.6. The van der Waals surface area contributed by atoms with Crippen molar-refractivity contribution in [3.05, 3.63) is 76.4 Å². The van der Waals surface area contributed by atoms with E-state index in [-0.39, 0.29) is 68.3 Å². The van der Waals surface area contributed by atoms with Crippen LogP contribution in [0.1, 0.15) is 82.2 Å². The van der Waals surface area contributed by atoms with Gasteiger partial charge in [0, 0.05) is 32.0 Å². The first-order valence-corrected chi connectivity index (χ1v) is 21.0. The van der Waals surface area contributed by atoms with Crippen molar-refractivity contribution < 1.29 is 29.0 Å².